The second kappa shape index (κ2) is 4.95. The molecule has 0 unspecified atom stereocenters. The van der Waals surface area contributed by atoms with Gasteiger partial charge in [0.1, 0.15) is 0 Å². The molecule has 3 rings (SSSR count). The van der Waals surface area contributed by atoms with Crippen molar-refractivity contribution in [2.45, 2.75) is 26.4 Å². The summed E-state index contributed by atoms with van der Waals surface area (Å²) in [4.78, 5) is 14.2. The minimum atomic E-state index is 0.0413. The van der Waals surface area contributed by atoms with Gasteiger partial charge in [0, 0.05) is 12.6 Å². The lowest BCUT2D eigenvalue weighted by Gasteiger charge is -2.19. The molecule has 0 N–H and O–H groups in total. The molecular weight excluding hydrogens is 270 g/mol. The summed E-state index contributed by atoms with van der Waals surface area (Å²) in [5.74, 6) is 0.0413. The zero-order valence-electron chi connectivity index (χ0n) is 11.6. The molecule has 3 heteroatoms. The van der Waals surface area contributed by atoms with Gasteiger partial charge < -0.3 is 4.90 Å². The molecule has 1 aliphatic rings. The molecule has 2 aromatic rings. The monoisotopic (exact) mass is 285 g/mol. The van der Waals surface area contributed by atoms with E-state index in [4.69, 9.17) is 11.6 Å². The Bertz CT molecular complexity index is 664. The van der Waals surface area contributed by atoms with Gasteiger partial charge in [0.25, 0.3) is 5.91 Å². The summed E-state index contributed by atoms with van der Waals surface area (Å²) in [5.41, 5.74) is 3.87. The van der Waals surface area contributed by atoms with Crippen LogP contribution in [0.25, 0.3) is 11.1 Å². The van der Waals surface area contributed by atoms with Crippen LogP contribution >= 0.6 is 11.6 Å². The number of rotatable bonds is 2. The molecule has 0 radical (unpaired) electrons. The van der Waals surface area contributed by atoms with Gasteiger partial charge in [-0.25, -0.2) is 0 Å². The van der Waals surface area contributed by atoms with Crippen LogP contribution in [0.5, 0.6) is 0 Å². The molecule has 102 valence electrons. The maximum atomic E-state index is 12.3. The largest absolute Gasteiger partial charge is 0.332 e. The first kappa shape index (κ1) is 13.2. The SMILES string of the molecule is CC(C)N1Cc2cc(-c3ccccc3)cc(Cl)c2C1=O. The molecule has 1 aliphatic heterocycles. The van der Waals surface area contributed by atoms with E-state index in [0.717, 1.165) is 16.7 Å². The third-order valence-corrected chi connectivity index (χ3v) is 4.02. The third-order valence-electron chi connectivity index (χ3n) is 3.72. The number of hydrogen-bond donors (Lipinski definition) is 0. The first-order chi connectivity index (χ1) is 9.58. The van der Waals surface area contributed by atoms with E-state index in [1.807, 2.05) is 43.0 Å². The first-order valence-electron chi connectivity index (χ1n) is 6.76. The molecule has 1 heterocycles. The van der Waals surface area contributed by atoms with Crippen molar-refractivity contribution in [3.05, 3.63) is 58.6 Å². The topological polar surface area (TPSA) is 20.3 Å². The fourth-order valence-corrected chi connectivity index (χ4v) is 2.96. The lowest BCUT2D eigenvalue weighted by molar-refractivity contribution is 0.0731. The van der Waals surface area contributed by atoms with E-state index in [2.05, 4.69) is 18.2 Å². The molecule has 1 amide bonds. The van der Waals surface area contributed by atoms with Crippen LogP contribution in [0.15, 0.2) is 42.5 Å². The van der Waals surface area contributed by atoms with E-state index in [1.165, 1.54) is 0 Å². The summed E-state index contributed by atoms with van der Waals surface area (Å²) in [7, 11) is 0. The number of amides is 1. The summed E-state index contributed by atoms with van der Waals surface area (Å²) in [6, 6.07) is 14.2. The highest BCUT2D eigenvalue weighted by Gasteiger charge is 2.31. The summed E-state index contributed by atoms with van der Waals surface area (Å²) >= 11 is 6.34. The van der Waals surface area contributed by atoms with Gasteiger partial charge in [0.2, 0.25) is 0 Å². The lowest BCUT2D eigenvalue weighted by Crippen LogP contribution is -2.30. The molecule has 0 spiro atoms. The normalized spacial score (nSPS) is 14.0. The van der Waals surface area contributed by atoms with Gasteiger partial charge in [-0.1, -0.05) is 41.9 Å². The minimum absolute atomic E-state index is 0.0413. The Balaban J connectivity index is 2.08. The van der Waals surface area contributed by atoms with Gasteiger partial charge in [-0.05, 0) is 42.7 Å². The first-order valence-corrected chi connectivity index (χ1v) is 7.14. The number of fused-ring (bicyclic) bond motifs is 1. The lowest BCUT2D eigenvalue weighted by atomic mass is 10.0. The molecule has 0 aromatic heterocycles. The standard InChI is InChI=1S/C17H16ClNO/c1-11(2)19-10-14-8-13(12-6-4-3-5-7-12)9-15(18)16(14)17(19)20/h3-9,11H,10H2,1-2H3. The van der Waals surface area contributed by atoms with Gasteiger partial charge in [0.15, 0.2) is 0 Å². The summed E-state index contributed by atoms with van der Waals surface area (Å²) in [6.45, 7) is 4.69. The van der Waals surface area contributed by atoms with Crippen molar-refractivity contribution in [1.82, 2.24) is 4.90 Å². The Morgan fingerprint density at radius 2 is 1.80 bits per heavy atom. The van der Waals surface area contributed by atoms with Crippen molar-refractivity contribution in [3.63, 3.8) is 0 Å². The van der Waals surface area contributed by atoms with Crippen molar-refractivity contribution in [3.8, 4) is 11.1 Å². The molecule has 2 aromatic carbocycles. The van der Waals surface area contributed by atoms with Gasteiger partial charge in [-0.15, -0.1) is 0 Å². The smallest absolute Gasteiger partial charge is 0.256 e. The second-order valence-corrected chi connectivity index (χ2v) is 5.79. The molecule has 0 atom stereocenters. The maximum Gasteiger partial charge on any atom is 0.256 e. The van der Waals surface area contributed by atoms with E-state index in [1.54, 1.807) is 0 Å². The zero-order chi connectivity index (χ0) is 14.3. The van der Waals surface area contributed by atoms with Crippen LogP contribution in [0.2, 0.25) is 5.02 Å². The van der Waals surface area contributed by atoms with Crippen LogP contribution in [-0.4, -0.2) is 16.8 Å². The number of carbonyl (C=O) groups excluding carboxylic acids is 1. The highest BCUT2D eigenvalue weighted by molar-refractivity contribution is 6.34. The summed E-state index contributed by atoms with van der Waals surface area (Å²) in [6.07, 6.45) is 0. The maximum absolute atomic E-state index is 12.3. The van der Waals surface area contributed by atoms with E-state index in [0.29, 0.717) is 17.1 Å². The Labute approximate surface area is 124 Å². The summed E-state index contributed by atoms with van der Waals surface area (Å²) < 4.78 is 0. The minimum Gasteiger partial charge on any atom is -0.332 e. The Morgan fingerprint density at radius 1 is 1.10 bits per heavy atom. The van der Waals surface area contributed by atoms with Crippen molar-refractivity contribution >= 4 is 17.5 Å². The molecule has 0 aliphatic carbocycles. The summed E-state index contributed by atoms with van der Waals surface area (Å²) in [5, 5.41) is 0.550. The highest BCUT2D eigenvalue weighted by atomic mass is 35.5. The molecule has 0 saturated carbocycles. The molecule has 0 saturated heterocycles. The Hall–Kier alpha value is -1.80. The van der Waals surface area contributed by atoms with E-state index >= 15 is 0 Å². The van der Waals surface area contributed by atoms with Gasteiger partial charge in [-0.3, -0.25) is 4.79 Å². The van der Waals surface area contributed by atoms with E-state index < -0.39 is 0 Å². The fraction of sp³-hybridized carbons (Fsp3) is 0.235. The fourth-order valence-electron chi connectivity index (χ4n) is 2.64. The number of carbonyl (C=O) groups is 1. The Morgan fingerprint density at radius 3 is 2.45 bits per heavy atom. The van der Waals surface area contributed by atoms with Crippen LogP contribution in [0.1, 0.15) is 29.8 Å². The molecular formula is C17H16ClNO. The average Bonchev–Trinajstić information content (AvgIpc) is 2.77. The number of hydrogen-bond acceptors (Lipinski definition) is 1. The van der Waals surface area contributed by atoms with Crippen LogP contribution < -0.4 is 0 Å². The number of benzene rings is 2. The van der Waals surface area contributed by atoms with Gasteiger partial charge in [-0.2, -0.15) is 0 Å². The average molecular weight is 286 g/mol. The molecule has 20 heavy (non-hydrogen) atoms. The van der Waals surface area contributed by atoms with Crippen LogP contribution in [0.3, 0.4) is 0 Å². The van der Waals surface area contributed by atoms with Crippen molar-refractivity contribution in [1.29, 1.82) is 0 Å². The van der Waals surface area contributed by atoms with Crippen LogP contribution in [-0.2, 0) is 6.54 Å². The molecule has 0 fully saturated rings. The number of nitrogens with zero attached hydrogens (tertiary/aromatic N) is 1. The van der Waals surface area contributed by atoms with E-state index in [-0.39, 0.29) is 11.9 Å². The molecule has 2 nitrogen and oxygen atoms in total. The van der Waals surface area contributed by atoms with Crippen molar-refractivity contribution in [2.24, 2.45) is 0 Å². The van der Waals surface area contributed by atoms with Gasteiger partial charge in [0.05, 0.1) is 10.6 Å². The quantitative estimate of drug-likeness (QED) is 0.802. The number of halogens is 1. The van der Waals surface area contributed by atoms with Crippen molar-refractivity contribution in [2.75, 3.05) is 0 Å². The van der Waals surface area contributed by atoms with E-state index in [9.17, 15) is 4.79 Å². The van der Waals surface area contributed by atoms with Crippen LogP contribution in [0, 0.1) is 0 Å². The predicted octanol–water partition coefficient (Wildman–Crippen LogP) is 4.37. The zero-order valence-corrected chi connectivity index (χ0v) is 12.3. The third kappa shape index (κ3) is 2.10. The van der Waals surface area contributed by atoms with Crippen molar-refractivity contribution < 1.29 is 4.79 Å². The van der Waals surface area contributed by atoms with Gasteiger partial charge >= 0.3 is 0 Å². The predicted molar refractivity (Wildman–Crippen MR) is 81.9 cm³/mol. The highest BCUT2D eigenvalue weighted by Crippen LogP contribution is 2.34. The Kier molecular flexibility index (Phi) is 3.27. The molecule has 0 bridgehead atoms. The van der Waals surface area contributed by atoms with Crippen LogP contribution in [0.4, 0.5) is 0 Å². The second-order valence-electron chi connectivity index (χ2n) is 5.39.